The Kier molecular flexibility index (Phi) is 6.93. The van der Waals surface area contributed by atoms with Crippen LogP contribution in [0.2, 0.25) is 0 Å². The van der Waals surface area contributed by atoms with Gasteiger partial charge in [-0.05, 0) is 17.7 Å². The summed E-state index contributed by atoms with van der Waals surface area (Å²) < 4.78 is 38.9. The van der Waals surface area contributed by atoms with Gasteiger partial charge < -0.3 is 14.2 Å². The van der Waals surface area contributed by atoms with Crippen LogP contribution < -0.4 is 9.47 Å². The van der Waals surface area contributed by atoms with Gasteiger partial charge in [-0.15, -0.1) is 11.8 Å². The number of hydrogen-bond donors (Lipinski definition) is 0. The first-order valence-electron chi connectivity index (χ1n) is 6.62. The molecule has 4 nitrogen and oxygen atoms in total. The molecular weight excluding hydrogens is 314 g/mol. The average Bonchev–Trinajstić information content (AvgIpc) is 2.42. The molecule has 0 radical (unpaired) electrons. The van der Waals surface area contributed by atoms with Gasteiger partial charge in [0, 0.05) is 4.75 Å². The van der Waals surface area contributed by atoms with Gasteiger partial charge in [-0.2, -0.15) is 8.78 Å². The van der Waals surface area contributed by atoms with Crippen LogP contribution in [0.3, 0.4) is 0 Å². The SMILES string of the molecule is COc1cc(COC(=O)CSC(C)(C)C)ccc1OC(F)F. The maximum Gasteiger partial charge on any atom is 0.387 e. The maximum absolute atomic E-state index is 12.2. The Morgan fingerprint density at radius 2 is 1.95 bits per heavy atom. The number of rotatable bonds is 7. The summed E-state index contributed by atoms with van der Waals surface area (Å²) in [5.41, 5.74) is 0.632. The fraction of sp³-hybridized carbons (Fsp3) is 0.533. The van der Waals surface area contributed by atoms with Crippen molar-refractivity contribution in [2.24, 2.45) is 0 Å². The van der Waals surface area contributed by atoms with E-state index in [2.05, 4.69) is 4.74 Å². The van der Waals surface area contributed by atoms with Crippen molar-refractivity contribution in [1.29, 1.82) is 0 Å². The molecule has 0 saturated heterocycles. The molecule has 0 N–H and O–H groups in total. The molecule has 0 aliphatic carbocycles. The molecule has 0 fully saturated rings. The van der Waals surface area contributed by atoms with E-state index in [4.69, 9.17) is 9.47 Å². The molecule has 22 heavy (non-hydrogen) atoms. The Bertz CT molecular complexity index is 501. The fourth-order valence-corrected chi connectivity index (χ4v) is 2.11. The molecule has 0 aliphatic heterocycles. The van der Waals surface area contributed by atoms with Gasteiger partial charge in [0.1, 0.15) is 6.61 Å². The molecular formula is C15H20F2O4S. The van der Waals surface area contributed by atoms with Crippen LogP contribution in [0.4, 0.5) is 8.78 Å². The number of carbonyl (C=O) groups excluding carboxylic acids is 1. The van der Waals surface area contributed by atoms with Crippen LogP contribution >= 0.6 is 11.8 Å². The van der Waals surface area contributed by atoms with Gasteiger partial charge in [-0.3, -0.25) is 4.79 Å². The van der Waals surface area contributed by atoms with Crippen LogP contribution in [0, 0.1) is 0 Å². The topological polar surface area (TPSA) is 44.8 Å². The first-order chi connectivity index (χ1) is 10.2. The fourth-order valence-electron chi connectivity index (χ4n) is 1.48. The number of halogens is 2. The lowest BCUT2D eigenvalue weighted by Gasteiger charge is -2.16. The van der Waals surface area contributed by atoms with Crippen molar-refractivity contribution in [3.8, 4) is 11.5 Å². The van der Waals surface area contributed by atoms with Crippen LogP contribution in [-0.2, 0) is 16.1 Å². The van der Waals surface area contributed by atoms with Gasteiger partial charge in [0.2, 0.25) is 0 Å². The molecule has 0 bridgehead atoms. The number of hydrogen-bond acceptors (Lipinski definition) is 5. The summed E-state index contributed by atoms with van der Waals surface area (Å²) in [7, 11) is 1.35. The summed E-state index contributed by atoms with van der Waals surface area (Å²) >= 11 is 1.49. The third-order valence-corrected chi connectivity index (χ3v) is 3.71. The molecule has 7 heteroatoms. The van der Waals surface area contributed by atoms with E-state index in [1.54, 1.807) is 6.07 Å². The Hall–Kier alpha value is -1.50. The summed E-state index contributed by atoms with van der Waals surface area (Å²) in [5, 5.41) is 0. The van der Waals surface area contributed by atoms with Gasteiger partial charge in [-0.25, -0.2) is 0 Å². The van der Waals surface area contributed by atoms with Crippen molar-refractivity contribution in [3.63, 3.8) is 0 Å². The molecule has 0 saturated carbocycles. The molecule has 0 heterocycles. The molecule has 1 aromatic carbocycles. The quantitative estimate of drug-likeness (QED) is 0.708. The van der Waals surface area contributed by atoms with Gasteiger partial charge in [0.15, 0.2) is 11.5 Å². The number of carbonyl (C=O) groups is 1. The van der Waals surface area contributed by atoms with E-state index < -0.39 is 6.61 Å². The highest BCUT2D eigenvalue weighted by Crippen LogP contribution is 2.29. The van der Waals surface area contributed by atoms with E-state index >= 15 is 0 Å². The maximum atomic E-state index is 12.2. The van der Waals surface area contributed by atoms with Crippen LogP contribution in [0.1, 0.15) is 26.3 Å². The number of ether oxygens (including phenoxy) is 3. The van der Waals surface area contributed by atoms with E-state index in [9.17, 15) is 13.6 Å². The summed E-state index contributed by atoms with van der Waals surface area (Å²) in [6.07, 6.45) is 0. The zero-order chi connectivity index (χ0) is 16.8. The largest absolute Gasteiger partial charge is 0.493 e. The highest BCUT2D eigenvalue weighted by atomic mass is 32.2. The third-order valence-electron chi connectivity index (χ3n) is 2.47. The van der Waals surface area contributed by atoms with Crippen molar-refractivity contribution >= 4 is 17.7 Å². The molecule has 0 unspecified atom stereocenters. The zero-order valence-electron chi connectivity index (χ0n) is 13.0. The Morgan fingerprint density at radius 3 is 2.50 bits per heavy atom. The summed E-state index contributed by atoms with van der Waals surface area (Å²) in [4.78, 5) is 11.6. The lowest BCUT2D eigenvalue weighted by atomic mass is 10.2. The molecule has 1 aromatic rings. The van der Waals surface area contributed by atoms with Crippen molar-refractivity contribution in [2.45, 2.75) is 38.7 Å². The van der Waals surface area contributed by atoms with E-state index in [0.29, 0.717) is 5.56 Å². The first kappa shape index (κ1) is 18.5. The van der Waals surface area contributed by atoms with E-state index in [1.807, 2.05) is 20.8 Å². The predicted molar refractivity (Wildman–Crippen MR) is 81.6 cm³/mol. The Morgan fingerprint density at radius 1 is 1.27 bits per heavy atom. The van der Waals surface area contributed by atoms with Crippen LogP contribution in [0.15, 0.2) is 18.2 Å². The first-order valence-corrected chi connectivity index (χ1v) is 7.61. The molecule has 1 rings (SSSR count). The monoisotopic (exact) mass is 334 g/mol. The number of alkyl halides is 2. The Balaban J connectivity index is 2.57. The van der Waals surface area contributed by atoms with E-state index in [1.165, 1.54) is 31.0 Å². The highest BCUT2D eigenvalue weighted by molar-refractivity contribution is 8.01. The normalized spacial score (nSPS) is 11.4. The summed E-state index contributed by atoms with van der Waals surface area (Å²) in [6, 6.07) is 4.41. The smallest absolute Gasteiger partial charge is 0.387 e. The Labute approximate surface area is 133 Å². The van der Waals surface area contributed by atoms with Crippen LogP contribution in [0.5, 0.6) is 11.5 Å². The molecule has 0 spiro atoms. The molecule has 0 atom stereocenters. The highest BCUT2D eigenvalue weighted by Gasteiger charge is 2.15. The molecule has 0 aromatic heterocycles. The molecule has 124 valence electrons. The standard InChI is InChI=1S/C15H20F2O4S/c1-15(2,3)22-9-13(18)20-8-10-5-6-11(21-14(16)17)12(7-10)19-4/h5-7,14H,8-9H2,1-4H3. The van der Waals surface area contributed by atoms with Crippen molar-refractivity contribution in [2.75, 3.05) is 12.9 Å². The van der Waals surface area contributed by atoms with Crippen molar-refractivity contribution in [1.82, 2.24) is 0 Å². The minimum absolute atomic E-state index is 0.0174. The van der Waals surface area contributed by atoms with Crippen molar-refractivity contribution in [3.05, 3.63) is 23.8 Å². The van der Waals surface area contributed by atoms with E-state index in [-0.39, 0.29) is 34.6 Å². The number of methoxy groups -OCH3 is 1. The van der Waals surface area contributed by atoms with Crippen LogP contribution in [-0.4, -0.2) is 30.2 Å². The minimum Gasteiger partial charge on any atom is -0.493 e. The third kappa shape index (κ3) is 6.98. The second-order valence-corrected chi connectivity index (χ2v) is 7.23. The second kappa shape index (κ2) is 8.22. The predicted octanol–water partition coefficient (Wildman–Crippen LogP) is 3.87. The summed E-state index contributed by atoms with van der Waals surface area (Å²) in [5.74, 6) is 0.0355. The summed E-state index contributed by atoms with van der Waals surface area (Å²) in [6.45, 7) is 3.16. The van der Waals surface area contributed by atoms with Crippen molar-refractivity contribution < 1.29 is 27.8 Å². The molecule has 0 aliphatic rings. The number of thioether (sulfide) groups is 1. The van der Waals surface area contributed by atoms with Gasteiger partial charge in [0.05, 0.1) is 12.9 Å². The number of benzene rings is 1. The second-order valence-electron chi connectivity index (χ2n) is 5.43. The molecule has 0 amide bonds. The van der Waals surface area contributed by atoms with Gasteiger partial charge >= 0.3 is 12.6 Å². The number of esters is 1. The zero-order valence-corrected chi connectivity index (χ0v) is 13.8. The van der Waals surface area contributed by atoms with E-state index in [0.717, 1.165) is 0 Å². The van der Waals surface area contributed by atoms with Crippen LogP contribution in [0.25, 0.3) is 0 Å². The lowest BCUT2D eigenvalue weighted by Crippen LogP contribution is -2.15. The average molecular weight is 334 g/mol. The van der Waals surface area contributed by atoms with Gasteiger partial charge in [-0.1, -0.05) is 26.8 Å². The minimum atomic E-state index is -2.92. The lowest BCUT2D eigenvalue weighted by molar-refractivity contribution is -0.141. The van der Waals surface area contributed by atoms with Gasteiger partial charge in [0.25, 0.3) is 0 Å².